The monoisotopic (exact) mass is 289 g/mol. The fourth-order valence-electron chi connectivity index (χ4n) is 1.96. The van der Waals surface area contributed by atoms with Crippen LogP contribution in [0, 0.1) is 0 Å². The summed E-state index contributed by atoms with van der Waals surface area (Å²) in [6.45, 7) is 4.38. The van der Waals surface area contributed by atoms with Gasteiger partial charge in [-0.25, -0.2) is 0 Å². The standard InChI is InChI=1S/C15H19N3O3/c1-4-10-9-16-18-14(10)17-15(19)11-6-7-12(20-3)13(8-11)21-5-2/h6-9H,4-5H2,1-3H3,(H2,16,17,18,19). The largest absolute Gasteiger partial charge is 0.493 e. The zero-order chi connectivity index (χ0) is 15.2. The van der Waals surface area contributed by atoms with E-state index >= 15 is 0 Å². The van der Waals surface area contributed by atoms with E-state index in [9.17, 15) is 4.79 Å². The van der Waals surface area contributed by atoms with Gasteiger partial charge in [0.05, 0.1) is 19.9 Å². The molecule has 2 rings (SSSR count). The van der Waals surface area contributed by atoms with Crippen LogP contribution in [-0.4, -0.2) is 29.8 Å². The van der Waals surface area contributed by atoms with Crippen molar-refractivity contribution in [2.24, 2.45) is 0 Å². The summed E-state index contributed by atoms with van der Waals surface area (Å²) in [4.78, 5) is 12.3. The predicted octanol–water partition coefficient (Wildman–Crippen LogP) is 2.63. The van der Waals surface area contributed by atoms with Crippen molar-refractivity contribution in [1.82, 2.24) is 10.2 Å². The molecule has 2 N–H and O–H groups in total. The number of nitrogens with one attached hydrogen (secondary N) is 2. The van der Waals surface area contributed by atoms with E-state index in [4.69, 9.17) is 9.47 Å². The lowest BCUT2D eigenvalue weighted by Gasteiger charge is -2.11. The summed E-state index contributed by atoms with van der Waals surface area (Å²) in [5, 5.41) is 9.52. The number of benzene rings is 1. The SMILES string of the molecule is CCOc1cc(C(=O)Nc2[nH]ncc2CC)ccc1OC. The number of nitrogens with zero attached hydrogens (tertiary/aromatic N) is 1. The van der Waals surface area contributed by atoms with Crippen molar-refractivity contribution in [3.05, 3.63) is 35.5 Å². The van der Waals surface area contributed by atoms with Crippen molar-refractivity contribution in [1.29, 1.82) is 0 Å². The van der Waals surface area contributed by atoms with E-state index in [1.54, 1.807) is 31.5 Å². The number of carbonyl (C=O) groups is 1. The third-order valence-electron chi connectivity index (χ3n) is 3.06. The van der Waals surface area contributed by atoms with E-state index in [1.165, 1.54) is 0 Å². The summed E-state index contributed by atoms with van der Waals surface area (Å²) < 4.78 is 10.7. The summed E-state index contributed by atoms with van der Waals surface area (Å²) >= 11 is 0. The maximum absolute atomic E-state index is 12.3. The zero-order valence-electron chi connectivity index (χ0n) is 12.4. The second kappa shape index (κ2) is 6.78. The Labute approximate surface area is 123 Å². The highest BCUT2D eigenvalue weighted by Crippen LogP contribution is 2.28. The minimum atomic E-state index is -0.224. The van der Waals surface area contributed by atoms with Crippen LogP contribution in [0.5, 0.6) is 11.5 Å². The van der Waals surface area contributed by atoms with Crippen LogP contribution >= 0.6 is 0 Å². The first-order valence-corrected chi connectivity index (χ1v) is 6.84. The summed E-state index contributed by atoms with van der Waals surface area (Å²) in [6, 6.07) is 5.08. The normalized spacial score (nSPS) is 10.2. The molecule has 2 aromatic rings. The molecule has 0 saturated carbocycles. The van der Waals surface area contributed by atoms with Crippen LogP contribution in [0.25, 0.3) is 0 Å². The Kier molecular flexibility index (Phi) is 4.81. The van der Waals surface area contributed by atoms with Gasteiger partial charge in [0, 0.05) is 11.1 Å². The van der Waals surface area contributed by atoms with E-state index in [1.807, 2.05) is 13.8 Å². The van der Waals surface area contributed by atoms with E-state index in [-0.39, 0.29) is 5.91 Å². The maximum Gasteiger partial charge on any atom is 0.256 e. The van der Waals surface area contributed by atoms with Gasteiger partial charge in [0.1, 0.15) is 5.82 Å². The van der Waals surface area contributed by atoms with Gasteiger partial charge >= 0.3 is 0 Å². The van der Waals surface area contributed by atoms with Gasteiger partial charge in [-0.2, -0.15) is 5.10 Å². The minimum Gasteiger partial charge on any atom is -0.493 e. The van der Waals surface area contributed by atoms with Gasteiger partial charge in [0.2, 0.25) is 0 Å². The van der Waals surface area contributed by atoms with Crippen LogP contribution in [0.3, 0.4) is 0 Å². The van der Waals surface area contributed by atoms with Gasteiger partial charge in [-0.3, -0.25) is 9.89 Å². The third-order valence-corrected chi connectivity index (χ3v) is 3.06. The molecule has 112 valence electrons. The highest BCUT2D eigenvalue weighted by molar-refractivity contribution is 6.04. The minimum absolute atomic E-state index is 0.224. The quantitative estimate of drug-likeness (QED) is 0.857. The molecule has 0 bridgehead atoms. The first-order valence-electron chi connectivity index (χ1n) is 6.84. The fraction of sp³-hybridized carbons (Fsp3) is 0.333. The van der Waals surface area contributed by atoms with Crippen LogP contribution in [0.1, 0.15) is 29.8 Å². The number of amides is 1. The van der Waals surface area contributed by atoms with E-state index < -0.39 is 0 Å². The van der Waals surface area contributed by atoms with Crippen molar-refractivity contribution >= 4 is 11.7 Å². The van der Waals surface area contributed by atoms with Gasteiger partial charge in [-0.05, 0) is 31.5 Å². The second-order valence-corrected chi connectivity index (χ2v) is 4.38. The molecule has 0 radical (unpaired) electrons. The fourth-order valence-corrected chi connectivity index (χ4v) is 1.96. The van der Waals surface area contributed by atoms with Crippen molar-refractivity contribution in [2.75, 3.05) is 19.0 Å². The first-order chi connectivity index (χ1) is 10.2. The van der Waals surface area contributed by atoms with Crippen molar-refractivity contribution in [3.63, 3.8) is 0 Å². The van der Waals surface area contributed by atoms with Crippen molar-refractivity contribution in [3.8, 4) is 11.5 Å². The number of carbonyl (C=O) groups excluding carboxylic acids is 1. The lowest BCUT2D eigenvalue weighted by atomic mass is 10.2. The van der Waals surface area contributed by atoms with Crippen LogP contribution in [-0.2, 0) is 6.42 Å². The molecule has 0 fully saturated rings. The summed E-state index contributed by atoms with van der Waals surface area (Å²) in [5.41, 5.74) is 1.46. The number of methoxy groups -OCH3 is 1. The number of aromatic nitrogens is 2. The van der Waals surface area contributed by atoms with Crippen LogP contribution in [0.4, 0.5) is 5.82 Å². The van der Waals surface area contributed by atoms with Gasteiger partial charge in [0.15, 0.2) is 11.5 Å². The van der Waals surface area contributed by atoms with Gasteiger partial charge < -0.3 is 14.8 Å². The van der Waals surface area contributed by atoms with E-state index in [0.717, 1.165) is 12.0 Å². The van der Waals surface area contributed by atoms with Gasteiger partial charge in [-0.15, -0.1) is 0 Å². The molecule has 0 aliphatic carbocycles. The number of rotatable bonds is 6. The van der Waals surface area contributed by atoms with Crippen molar-refractivity contribution in [2.45, 2.75) is 20.3 Å². The van der Waals surface area contributed by atoms with Gasteiger partial charge in [0.25, 0.3) is 5.91 Å². The van der Waals surface area contributed by atoms with E-state index in [2.05, 4.69) is 15.5 Å². The summed E-state index contributed by atoms with van der Waals surface area (Å²) in [5.74, 6) is 1.55. The highest BCUT2D eigenvalue weighted by atomic mass is 16.5. The molecule has 1 heterocycles. The molecule has 0 aliphatic heterocycles. The molecule has 1 aromatic carbocycles. The average Bonchev–Trinajstić information content (AvgIpc) is 2.94. The maximum atomic E-state index is 12.3. The molecule has 1 amide bonds. The Hall–Kier alpha value is -2.50. The Morgan fingerprint density at radius 2 is 2.14 bits per heavy atom. The second-order valence-electron chi connectivity index (χ2n) is 4.38. The molecular weight excluding hydrogens is 270 g/mol. The van der Waals surface area contributed by atoms with Crippen LogP contribution in [0.15, 0.2) is 24.4 Å². The number of aromatic amines is 1. The van der Waals surface area contributed by atoms with Gasteiger partial charge in [-0.1, -0.05) is 6.92 Å². The topological polar surface area (TPSA) is 76.2 Å². The number of hydrogen-bond acceptors (Lipinski definition) is 4. The third kappa shape index (κ3) is 3.34. The number of aryl methyl sites for hydroxylation is 1. The molecule has 21 heavy (non-hydrogen) atoms. The molecule has 0 unspecified atom stereocenters. The Morgan fingerprint density at radius 3 is 2.81 bits per heavy atom. The average molecular weight is 289 g/mol. The molecule has 6 heteroatoms. The Morgan fingerprint density at radius 1 is 1.33 bits per heavy atom. The molecule has 0 spiro atoms. The van der Waals surface area contributed by atoms with Crippen molar-refractivity contribution < 1.29 is 14.3 Å². The predicted molar refractivity (Wildman–Crippen MR) is 80.1 cm³/mol. The number of ether oxygens (including phenoxy) is 2. The molecule has 0 atom stereocenters. The number of H-pyrrole nitrogens is 1. The zero-order valence-corrected chi connectivity index (χ0v) is 12.4. The molecular formula is C15H19N3O3. The summed E-state index contributed by atoms with van der Waals surface area (Å²) in [6.07, 6.45) is 2.49. The molecule has 1 aromatic heterocycles. The Balaban J connectivity index is 2.21. The lowest BCUT2D eigenvalue weighted by molar-refractivity contribution is 0.102. The first kappa shape index (κ1) is 14.9. The number of anilines is 1. The molecule has 0 saturated heterocycles. The van der Waals surface area contributed by atoms with E-state index in [0.29, 0.717) is 29.5 Å². The highest BCUT2D eigenvalue weighted by Gasteiger charge is 2.13. The lowest BCUT2D eigenvalue weighted by Crippen LogP contribution is -2.13. The Bertz CT molecular complexity index is 622. The molecule has 6 nitrogen and oxygen atoms in total. The molecule has 0 aliphatic rings. The smallest absolute Gasteiger partial charge is 0.256 e. The summed E-state index contributed by atoms with van der Waals surface area (Å²) in [7, 11) is 1.57. The van der Waals surface area contributed by atoms with Crippen LogP contribution in [0.2, 0.25) is 0 Å². The number of hydrogen-bond donors (Lipinski definition) is 2. The van der Waals surface area contributed by atoms with Crippen LogP contribution < -0.4 is 14.8 Å².